The molecule has 20 heavy (non-hydrogen) atoms. The highest BCUT2D eigenvalue weighted by Gasteiger charge is 2.09. The molecular formula is C14H11ClN4O. The van der Waals surface area contributed by atoms with Gasteiger partial charge in [-0.3, -0.25) is 9.89 Å². The van der Waals surface area contributed by atoms with Gasteiger partial charge in [0.25, 0.3) is 5.91 Å². The number of rotatable bonds is 3. The second kappa shape index (κ2) is 5.22. The Bertz CT molecular complexity index is 733. The minimum absolute atomic E-state index is 0.237. The molecule has 3 N–H and O–H groups in total. The zero-order valence-electron chi connectivity index (χ0n) is 10.4. The molecule has 3 aromatic rings. The topological polar surface area (TPSA) is 73.6 Å². The average Bonchev–Trinajstić information content (AvgIpc) is 3.10. The van der Waals surface area contributed by atoms with Crippen LogP contribution in [0.1, 0.15) is 10.5 Å². The van der Waals surface area contributed by atoms with Gasteiger partial charge in [0.05, 0.1) is 10.7 Å². The molecule has 1 aromatic carbocycles. The van der Waals surface area contributed by atoms with Gasteiger partial charge < -0.3 is 10.3 Å². The molecule has 1 amide bonds. The third-order valence-corrected chi connectivity index (χ3v) is 3.04. The number of nitrogens with one attached hydrogen (secondary N) is 3. The highest BCUT2D eigenvalue weighted by molar-refractivity contribution is 6.31. The number of halogens is 1. The van der Waals surface area contributed by atoms with Crippen molar-refractivity contribution in [3.05, 3.63) is 59.5 Å². The molecule has 2 heterocycles. The van der Waals surface area contributed by atoms with E-state index in [4.69, 9.17) is 11.6 Å². The molecule has 0 saturated heterocycles. The summed E-state index contributed by atoms with van der Waals surface area (Å²) < 4.78 is 0. The quantitative estimate of drug-likeness (QED) is 0.691. The molecule has 2 aromatic heterocycles. The summed E-state index contributed by atoms with van der Waals surface area (Å²) in [4.78, 5) is 14.8. The van der Waals surface area contributed by atoms with Crippen LogP contribution in [0.3, 0.4) is 0 Å². The Hall–Kier alpha value is -2.53. The van der Waals surface area contributed by atoms with Crippen LogP contribution in [0.25, 0.3) is 11.3 Å². The molecule has 0 fully saturated rings. The standard InChI is InChI=1S/C14H11ClN4O/c15-10-7-13(16-8-10)14(20)18-11-3-1-2-9(6-11)12-4-5-17-19-12/h1-8,16H,(H,17,19)(H,18,20). The summed E-state index contributed by atoms with van der Waals surface area (Å²) in [6, 6.07) is 10.9. The first-order valence-corrected chi connectivity index (χ1v) is 6.35. The van der Waals surface area contributed by atoms with E-state index >= 15 is 0 Å². The van der Waals surface area contributed by atoms with E-state index in [2.05, 4.69) is 20.5 Å². The van der Waals surface area contributed by atoms with Crippen LogP contribution in [0.5, 0.6) is 0 Å². The summed E-state index contributed by atoms with van der Waals surface area (Å²) in [7, 11) is 0. The Morgan fingerprint density at radius 2 is 2.15 bits per heavy atom. The first-order chi connectivity index (χ1) is 9.72. The van der Waals surface area contributed by atoms with E-state index in [1.807, 2.05) is 30.3 Å². The maximum atomic E-state index is 12.0. The number of aromatic nitrogens is 3. The number of nitrogens with zero attached hydrogens (tertiary/aromatic N) is 1. The molecule has 0 aliphatic rings. The van der Waals surface area contributed by atoms with Crippen molar-refractivity contribution in [1.29, 1.82) is 0 Å². The fraction of sp³-hybridized carbons (Fsp3) is 0. The number of benzene rings is 1. The molecule has 0 saturated carbocycles. The molecule has 0 spiro atoms. The number of amides is 1. The van der Waals surface area contributed by atoms with E-state index in [-0.39, 0.29) is 5.91 Å². The van der Waals surface area contributed by atoms with Crippen molar-refractivity contribution in [1.82, 2.24) is 15.2 Å². The Morgan fingerprint density at radius 3 is 2.85 bits per heavy atom. The molecule has 5 nitrogen and oxygen atoms in total. The van der Waals surface area contributed by atoms with Gasteiger partial charge in [0.15, 0.2) is 0 Å². The molecule has 3 rings (SSSR count). The maximum Gasteiger partial charge on any atom is 0.272 e. The largest absolute Gasteiger partial charge is 0.356 e. The van der Waals surface area contributed by atoms with Crippen LogP contribution in [0, 0.1) is 0 Å². The molecule has 0 aliphatic carbocycles. The van der Waals surface area contributed by atoms with Gasteiger partial charge in [0.2, 0.25) is 0 Å². The third-order valence-electron chi connectivity index (χ3n) is 2.82. The number of carbonyl (C=O) groups is 1. The van der Waals surface area contributed by atoms with Gasteiger partial charge in [-0.15, -0.1) is 0 Å². The number of H-pyrrole nitrogens is 2. The van der Waals surface area contributed by atoms with Gasteiger partial charge in [-0.1, -0.05) is 23.7 Å². The van der Waals surface area contributed by atoms with Crippen molar-refractivity contribution < 1.29 is 4.79 Å². The van der Waals surface area contributed by atoms with E-state index in [0.29, 0.717) is 16.4 Å². The van der Waals surface area contributed by atoms with Crippen LogP contribution >= 0.6 is 11.6 Å². The number of hydrogen-bond acceptors (Lipinski definition) is 2. The van der Waals surface area contributed by atoms with Crippen molar-refractivity contribution >= 4 is 23.2 Å². The minimum atomic E-state index is -0.237. The van der Waals surface area contributed by atoms with Gasteiger partial charge in [0.1, 0.15) is 5.69 Å². The highest BCUT2D eigenvalue weighted by Crippen LogP contribution is 2.21. The maximum absolute atomic E-state index is 12.0. The fourth-order valence-corrected chi connectivity index (χ4v) is 2.04. The predicted molar refractivity (Wildman–Crippen MR) is 77.8 cm³/mol. The lowest BCUT2D eigenvalue weighted by Gasteiger charge is -2.05. The fourth-order valence-electron chi connectivity index (χ4n) is 1.88. The summed E-state index contributed by atoms with van der Waals surface area (Å²) in [6.07, 6.45) is 3.25. The first kappa shape index (κ1) is 12.5. The SMILES string of the molecule is O=C(Nc1cccc(-c2ccn[nH]2)c1)c1cc(Cl)c[nH]1. The van der Waals surface area contributed by atoms with E-state index in [9.17, 15) is 4.79 Å². The molecular weight excluding hydrogens is 276 g/mol. The van der Waals surface area contributed by atoms with Crippen molar-refractivity contribution in [2.45, 2.75) is 0 Å². The Morgan fingerprint density at radius 1 is 1.25 bits per heavy atom. The van der Waals surface area contributed by atoms with E-state index in [1.165, 1.54) is 0 Å². The van der Waals surface area contributed by atoms with Gasteiger partial charge in [0, 0.05) is 23.6 Å². The van der Waals surface area contributed by atoms with Crippen molar-refractivity contribution in [2.75, 3.05) is 5.32 Å². The smallest absolute Gasteiger partial charge is 0.272 e. The second-order valence-electron chi connectivity index (χ2n) is 4.24. The van der Waals surface area contributed by atoms with Gasteiger partial charge >= 0.3 is 0 Å². The van der Waals surface area contributed by atoms with Crippen LogP contribution in [-0.4, -0.2) is 21.1 Å². The number of aromatic amines is 2. The Kier molecular flexibility index (Phi) is 3.26. The van der Waals surface area contributed by atoms with Crippen molar-refractivity contribution in [2.24, 2.45) is 0 Å². The molecule has 100 valence electrons. The van der Waals surface area contributed by atoms with Crippen LogP contribution in [0.4, 0.5) is 5.69 Å². The number of hydrogen-bond donors (Lipinski definition) is 3. The lowest BCUT2D eigenvalue weighted by atomic mass is 10.1. The summed E-state index contributed by atoms with van der Waals surface area (Å²) >= 11 is 5.78. The van der Waals surface area contributed by atoms with Crippen molar-refractivity contribution in [3.63, 3.8) is 0 Å². The summed E-state index contributed by atoms with van der Waals surface area (Å²) in [6.45, 7) is 0. The minimum Gasteiger partial charge on any atom is -0.356 e. The highest BCUT2D eigenvalue weighted by atomic mass is 35.5. The van der Waals surface area contributed by atoms with Crippen LogP contribution in [-0.2, 0) is 0 Å². The normalized spacial score (nSPS) is 10.4. The molecule has 0 atom stereocenters. The first-order valence-electron chi connectivity index (χ1n) is 5.97. The predicted octanol–water partition coefficient (Wildman–Crippen LogP) is 3.31. The average molecular weight is 287 g/mol. The van der Waals surface area contributed by atoms with Crippen molar-refractivity contribution in [3.8, 4) is 11.3 Å². The van der Waals surface area contributed by atoms with Crippen LogP contribution in [0.2, 0.25) is 5.02 Å². The van der Waals surface area contributed by atoms with Gasteiger partial charge in [-0.05, 0) is 24.3 Å². The van der Waals surface area contributed by atoms with Gasteiger partial charge in [-0.2, -0.15) is 5.10 Å². The molecule has 0 aliphatic heterocycles. The zero-order valence-corrected chi connectivity index (χ0v) is 11.1. The Balaban J connectivity index is 1.81. The van der Waals surface area contributed by atoms with Crippen LogP contribution < -0.4 is 5.32 Å². The summed E-state index contributed by atoms with van der Waals surface area (Å²) in [5, 5.41) is 10.1. The van der Waals surface area contributed by atoms with Crippen LogP contribution in [0.15, 0.2) is 48.8 Å². The summed E-state index contributed by atoms with van der Waals surface area (Å²) in [5.74, 6) is -0.237. The molecule has 0 radical (unpaired) electrons. The molecule has 0 bridgehead atoms. The monoisotopic (exact) mass is 286 g/mol. The summed E-state index contributed by atoms with van der Waals surface area (Å²) in [5.41, 5.74) is 2.96. The van der Waals surface area contributed by atoms with E-state index in [0.717, 1.165) is 11.3 Å². The lowest BCUT2D eigenvalue weighted by Crippen LogP contribution is -2.12. The van der Waals surface area contributed by atoms with E-state index in [1.54, 1.807) is 18.5 Å². The number of anilines is 1. The van der Waals surface area contributed by atoms with Gasteiger partial charge in [-0.25, -0.2) is 0 Å². The van der Waals surface area contributed by atoms with E-state index < -0.39 is 0 Å². The lowest BCUT2D eigenvalue weighted by molar-refractivity contribution is 0.102. The molecule has 0 unspecified atom stereocenters. The zero-order chi connectivity index (χ0) is 13.9. The third kappa shape index (κ3) is 2.57. The molecule has 6 heteroatoms. The Labute approximate surface area is 120 Å². The second-order valence-corrected chi connectivity index (χ2v) is 4.67. The number of carbonyl (C=O) groups excluding carboxylic acids is 1.